The van der Waals surface area contributed by atoms with Crippen LogP contribution in [0.1, 0.15) is 37.0 Å². The molecule has 2 rings (SSSR count). The molecule has 18 heavy (non-hydrogen) atoms. The Labute approximate surface area is 109 Å². The summed E-state index contributed by atoms with van der Waals surface area (Å²) in [5, 5.41) is 3.38. The van der Waals surface area contributed by atoms with Gasteiger partial charge in [0.1, 0.15) is 11.5 Å². The van der Waals surface area contributed by atoms with Gasteiger partial charge in [0.15, 0.2) is 0 Å². The number of hydrogen-bond donors (Lipinski definition) is 1. The van der Waals surface area contributed by atoms with Gasteiger partial charge in [0.05, 0.1) is 6.04 Å². The Balaban J connectivity index is 2.38. The van der Waals surface area contributed by atoms with E-state index < -0.39 is 0 Å². The van der Waals surface area contributed by atoms with Gasteiger partial charge in [-0.05, 0) is 31.7 Å². The van der Waals surface area contributed by atoms with Crippen LogP contribution in [-0.2, 0) is 5.41 Å². The molecule has 0 saturated carbocycles. The Bertz CT molecular complexity index is 499. The van der Waals surface area contributed by atoms with Crippen LogP contribution in [0, 0.1) is 6.92 Å². The summed E-state index contributed by atoms with van der Waals surface area (Å²) >= 11 is 0. The molecule has 1 aromatic carbocycles. The Morgan fingerprint density at radius 2 is 1.72 bits per heavy atom. The molecule has 0 fully saturated rings. The molecule has 0 saturated heterocycles. The molecule has 2 heteroatoms. The summed E-state index contributed by atoms with van der Waals surface area (Å²) in [6.07, 6.45) is 0. The SMILES string of the molecule is CNC(c1ccc(C)o1)C(C)(C)c1ccccc1. The Kier molecular flexibility index (Phi) is 3.58. The molecule has 0 spiro atoms. The van der Waals surface area contributed by atoms with E-state index in [9.17, 15) is 0 Å². The summed E-state index contributed by atoms with van der Waals surface area (Å²) in [4.78, 5) is 0. The van der Waals surface area contributed by atoms with Crippen molar-refractivity contribution in [1.29, 1.82) is 0 Å². The van der Waals surface area contributed by atoms with Crippen molar-refractivity contribution < 1.29 is 4.42 Å². The van der Waals surface area contributed by atoms with Crippen LogP contribution >= 0.6 is 0 Å². The fourth-order valence-corrected chi connectivity index (χ4v) is 2.50. The topological polar surface area (TPSA) is 25.2 Å². The van der Waals surface area contributed by atoms with E-state index in [4.69, 9.17) is 4.42 Å². The van der Waals surface area contributed by atoms with Gasteiger partial charge in [0.2, 0.25) is 0 Å². The fourth-order valence-electron chi connectivity index (χ4n) is 2.50. The highest BCUT2D eigenvalue weighted by Crippen LogP contribution is 2.37. The Morgan fingerprint density at radius 1 is 1.06 bits per heavy atom. The summed E-state index contributed by atoms with van der Waals surface area (Å²) in [6, 6.07) is 14.8. The molecule has 0 radical (unpaired) electrons. The predicted octanol–water partition coefficient (Wildman–Crippen LogP) is 3.83. The van der Waals surface area contributed by atoms with E-state index in [1.54, 1.807) is 0 Å². The molecule has 0 amide bonds. The van der Waals surface area contributed by atoms with Gasteiger partial charge in [0, 0.05) is 5.41 Å². The van der Waals surface area contributed by atoms with E-state index in [1.165, 1.54) is 5.56 Å². The molecular formula is C16H21NO. The summed E-state index contributed by atoms with van der Waals surface area (Å²) in [5.74, 6) is 1.94. The van der Waals surface area contributed by atoms with Gasteiger partial charge >= 0.3 is 0 Å². The molecule has 2 aromatic rings. The van der Waals surface area contributed by atoms with Crippen molar-refractivity contribution in [2.24, 2.45) is 0 Å². The van der Waals surface area contributed by atoms with E-state index in [0.29, 0.717) is 0 Å². The lowest BCUT2D eigenvalue weighted by Crippen LogP contribution is -2.35. The van der Waals surface area contributed by atoms with Gasteiger partial charge in [-0.3, -0.25) is 0 Å². The number of nitrogens with one attached hydrogen (secondary N) is 1. The summed E-state index contributed by atoms with van der Waals surface area (Å²) < 4.78 is 5.78. The van der Waals surface area contributed by atoms with Crippen LogP contribution in [0.15, 0.2) is 46.9 Å². The first-order valence-electron chi connectivity index (χ1n) is 6.35. The smallest absolute Gasteiger partial charge is 0.121 e. The molecule has 0 aliphatic heterocycles. The third-order valence-corrected chi connectivity index (χ3v) is 3.57. The zero-order valence-electron chi connectivity index (χ0n) is 11.5. The van der Waals surface area contributed by atoms with Crippen LogP contribution < -0.4 is 5.32 Å². The lowest BCUT2D eigenvalue weighted by atomic mass is 9.77. The molecular weight excluding hydrogens is 222 g/mol. The van der Waals surface area contributed by atoms with Crippen molar-refractivity contribution in [2.45, 2.75) is 32.2 Å². The summed E-state index contributed by atoms with van der Waals surface area (Å²) in [5.41, 5.74) is 1.28. The van der Waals surface area contributed by atoms with Crippen molar-refractivity contribution in [3.05, 3.63) is 59.5 Å². The van der Waals surface area contributed by atoms with Gasteiger partial charge < -0.3 is 9.73 Å². The molecule has 96 valence electrons. The lowest BCUT2D eigenvalue weighted by molar-refractivity contribution is 0.308. The van der Waals surface area contributed by atoms with E-state index in [-0.39, 0.29) is 11.5 Å². The Morgan fingerprint density at radius 3 is 2.22 bits per heavy atom. The van der Waals surface area contributed by atoms with Gasteiger partial charge in [-0.1, -0.05) is 44.2 Å². The third kappa shape index (κ3) is 2.34. The van der Waals surface area contributed by atoms with E-state index >= 15 is 0 Å². The van der Waals surface area contributed by atoms with Crippen LogP contribution in [0.5, 0.6) is 0 Å². The number of benzene rings is 1. The number of likely N-dealkylation sites (N-methyl/N-ethyl adjacent to an activating group) is 1. The molecule has 1 N–H and O–H groups in total. The minimum atomic E-state index is -0.0275. The molecule has 0 bridgehead atoms. The van der Waals surface area contributed by atoms with Crippen molar-refractivity contribution in [3.63, 3.8) is 0 Å². The maximum Gasteiger partial charge on any atom is 0.121 e. The number of rotatable bonds is 4. The van der Waals surface area contributed by atoms with Crippen LogP contribution in [0.4, 0.5) is 0 Å². The minimum Gasteiger partial charge on any atom is -0.465 e. The second-order valence-electron chi connectivity index (χ2n) is 5.26. The van der Waals surface area contributed by atoms with E-state index in [1.807, 2.05) is 26.1 Å². The maximum atomic E-state index is 5.78. The maximum absolute atomic E-state index is 5.78. The molecule has 0 aliphatic rings. The summed E-state index contributed by atoms with van der Waals surface area (Å²) in [6.45, 7) is 6.45. The monoisotopic (exact) mass is 243 g/mol. The minimum absolute atomic E-state index is 0.0275. The fraction of sp³-hybridized carbons (Fsp3) is 0.375. The first kappa shape index (κ1) is 12.9. The lowest BCUT2D eigenvalue weighted by Gasteiger charge is -2.33. The third-order valence-electron chi connectivity index (χ3n) is 3.57. The molecule has 1 aromatic heterocycles. The van der Waals surface area contributed by atoms with Gasteiger partial charge in [-0.2, -0.15) is 0 Å². The van der Waals surface area contributed by atoms with Crippen molar-refractivity contribution >= 4 is 0 Å². The quantitative estimate of drug-likeness (QED) is 0.883. The highest BCUT2D eigenvalue weighted by molar-refractivity contribution is 5.28. The summed E-state index contributed by atoms with van der Waals surface area (Å²) in [7, 11) is 1.98. The first-order valence-corrected chi connectivity index (χ1v) is 6.35. The van der Waals surface area contributed by atoms with Crippen LogP contribution in [0.25, 0.3) is 0 Å². The predicted molar refractivity (Wildman–Crippen MR) is 74.7 cm³/mol. The average Bonchev–Trinajstić information content (AvgIpc) is 2.77. The van der Waals surface area contributed by atoms with Gasteiger partial charge in [-0.25, -0.2) is 0 Å². The molecule has 1 unspecified atom stereocenters. The van der Waals surface area contributed by atoms with Crippen molar-refractivity contribution in [3.8, 4) is 0 Å². The second-order valence-corrected chi connectivity index (χ2v) is 5.26. The average molecular weight is 243 g/mol. The molecule has 1 heterocycles. The standard InChI is InChI=1S/C16H21NO/c1-12-10-11-14(18-12)15(17-4)16(2,3)13-8-6-5-7-9-13/h5-11,15,17H,1-4H3. The second kappa shape index (κ2) is 4.99. The molecule has 2 nitrogen and oxygen atoms in total. The number of hydrogen-bond acceptors (Lipinski definition) is 2. The highest BCUT2D eigenvalue weighted by atomic mass is 16.3. The van der Waals surface area contributed by atoms with Crippen molar-refractivity contribution in [1.82, 2.24) is 5.32 Å². The Hall–Kier alpha value is -1.54. The van der Waals surface area contributed by atoms with Crippen LogP contribution in [0.2, 0.25) is 0 Å². The molecule has 0 aliphatic carbocycles. The first-order chi connectivity index (χ1) is 8.55. The van der Waals surface area contributed by atoms with E-state index in [2.05, 4.69) is 49.5 Å². The van der Waals surface area contributed by atoms with Gasteiger partial charge in [0.25, 0.3) is 0 Å². The van der Waals surface area contributed by atoms with E-state index in [0.717, 1.165) is 11.5 Å². The van der Waals surface area contributed by atoms with Crippen LogP contribution in [-0.4, -0.2) is 7.05 Å². The zero-order valence-corrected chi connectivity index (χ0v) is 11.5. The van der Waals surface area contributed by atoms with Gasteiger partial charge in [-0.15, -0.1) is 0 Å². The normalized spacial score (nSPS) is 13.6. The van der Waals surface area contributed by atoms with Crippen LogP contribution in [0.3, 0.4) is 0 Å². The number of aryl methyl sites for hydroxylation is 1. The number of furan rings is 1. The highest BCUT2D eigenvalue weighted by Gasteiger charge is 2.33. The van der Waals surface area contributed by atoms with Crippen molar-refractivity contribution in [2.75, 3.05) is 7.05 Å². The largest absolute Gasteiger partial charge is 0.465 e. The molecule has 1 atom stereocenters. The zero-order chi connectivity index (χ0) is 13.2.